The van der Waals surface area contributed by atoms with Crippen molar-refractivity contribution in [2.75, 3.05) is 5.32 Å². The van der Waals surface area contributed by atoms with Gasteiger partial charge in [0, 0.05) is 17.2 Å². The van der Waals surface area contributed by atoms with E-state index in [4.69, 9.17) is 0 Å². The first-order chi connectivity index (χ1) is 11.1. The molecule has 120 valence electrons. The van der Waals surface area contributed by atoms with Gasteiger partial charge in [-0.3, -0.25) is 10.1 Å². The lowest BCUT2D eigenvalue weighted by atomic mass is 9.97. The van der Waals surface area contributed by atoms with Gasteiger partial charge in [0.2, 0.25) is 0 Å². The predicted molar refractivity (Wildman–Crippen MR) is 92.1 cm³/mol. The van der Waals surface area contributed by atoms with Gasteiger partial charge in [-0.1, -0.05) is 35.9 Å². The second-order valence-electron chi connectivity index (χ2n) is 5.91. The molecule has 1 aromatic heterocycles. The maximum atomic E-state index is 13.4. The first kappa shape index (κ1) is 15.9. The summed E-state index contributed by atoms with van der Waals surface area (Å²) in [4.78, 5) is 16.7. The van der Waals surface area contributed by atoms with Gasteiger partial charge in [-0.2, -0.15) is 0 Å². The third-order valence-corrected chi connectivity index (χ3v) is 4.76. The second-order valence-corrected chi connectivity index (χ2v) is 6.80. The highest BCUT2D eigenvalue weighted by Gasteiger charge is 2.24. The molecule has 2 aromatic rings. The van der Waals surface area contributed by atoms with Gasteiger partial charge in [0.05, 0.1) is 0 Å². The van der Waals surface area contributed by atoms with Crippen LogP contribution in [0.3, 0.4) is 0 Å². The maximum Gasteiger partial charge on any atom is 0.257 e. The van der Waals surface area contributed by atoms with Gasteiger partial charge >= 0.3 is 0 Å². The minimum absolute atomic E-state index is 0.114. The van der Waals surface area contributed by atoms with Crippen molar-refractivity contribution in [3.63, 3.8) is 0 Å². The van der Waals surface area contributed by atoms with E-state index in [0.717, 1.165) is 17.5 Å². The Morgan fingerprint density at radius 1 is 1.35 bits per heavy atom. The molecule has 1 fully saturated rings. The highest BCUT2D eigenvalue weighted by molar-refractivity contribution is 7.13. The van der Waals surface area contributed by atoms with Gasteiger partial charge in [0.15, 0.2) is 5.13 Å². The van der Waals surface area contributed by atoms with Crippen LogP contribution in [-0.4, -0.2) is 17.1 Å². The van der Waals surface area contributed by atoms with Gasteiger partial charge in [0.25, 0.3) is 5.91 Å². The minimum Gasteiger partial charge on any atom is -0.298 e. The van der Waals surface area contributed by atoms with Gasteiger partial charge in [-0.15, -0.1) is 11.3 Å². The number of aromatic nitrogens is 1. The van der Waals surface area contributed by atoms with E-state index in [2.05, 4.69) is 10.3 Å². The molecule has 1 aromatic carbocycles. The van der Waals surface area contributed by atoms with E-state index in [1.165, 1.54) is 11.3 Å². The molecular formula is C18H19FN2OS. The van der Waals surface area contributed by atoms with Crippen molar-refractivity contribution in [3.8, 4) is 0 Å². The summed E-state index contributed by atoms with van der Waals surface area (Å²) in [5.41, 5.74) is 2.59. The van der Waals surface area contributed by atoms with E-state index in [1.54, 1.807) is 6.20 Å². The zero-order valence-electron chi connectivity index (χ0n) is 13.0. The van der Waals surface area contributed by atoms with Crippen molar-refractivity contribution in [1.82, 2.24) is 4.98 Å². The molecule has 1 N–H and O–H groups in total. The zero-order valence-corrected chi connectivity index (χ0v) is 13.8. The van der Waals surface area contributed by atoms with Gasteiger partial charge < -0.3 is 0 Å². The number of hydrogen-bond donors (Lipinski definition) is 1. The molecular weight excluding hydrogens is 311 g/mol. The predicted octanol–water partition coefficient (Wildman–Crippen LogP) is 4.61. The number of nitrogens with zero attached hydrogens (tertiary/aromatic N) is 1. The van der Waals surface area contributed by atoms with E-state index in [1.807, 2.05) is 42.6 Å². The van der Waals surface area contributed by atoms with Crippen molar-refractivity contribution in [1.29, 1.82) is 0 Å². The number of halogens is 1. The molecule has 2 atom stereocenters. The SMILES string of the molecule is Cc1ccc(/C(=C\[C@@H]2CC[C@H](F)C2)C(=O)Nc2nccs2)cc1. The van der Waals surface area contributed by atoms with Crippen LogP contribution in [-0.2, 0) is 4.79 Å². The van der Waals surface area contributed by atoms with Gasteiger partial charge in [0.1, 0.15) is 6.17 Å². The number of anilines is 1. The number of rotatable bonds is 4. The van der Waals surface area contributed by atoms with Crippen LogP contribution in [0.1, 0.15) is 30.4 Å². The second kappa shape index (κ2) is 7.04. The Labute approximate surface area is 139 Å². The Hall–Kier alpha value is -2.01. The molecule has 5 heteroatoms. The van der Waals surface area contributed by atoms with Crippen LogP contribution < -0.4 is 5.32 Å². The highest BCUT2D eigenvalue weighted by Crippen LogP contribution is 2.32. The smallest absolute Gasteiger partial charge is 0.257 e. The summed E-state index contributed by atoms with van der Waals surface area (Å²) in [6.45, 7) is 2.01. The van der Waals surface area contributed by atoms with Crippen LogP contribution in [0.25, 0.3) is 5.57 Å². The van der Waals surface area contributed by atoms with E-state index in [9.17, 15) is 9.18 Å². The molecule has 0 spiro atoms. The molecule has 1 amide bonds. The Bertz CT molecular complexity index is 694. The Kier molecular flexibility index (Phi) is 4.86. The quantitative estimate of drug-likeness (QED) is 0.832. The summed E-state index contributed by atoms with van der Waals surface area (Å²) in [6, 6.07) is 7.83. The van der Waals surface area contributed by atoms with E-state index < -0.39 is 6.17 Å². The average Bonchev–Trinajstić information content (AvgIpc) is 3.17. The molecule has 0 radical (unpaired) electrons. The third-order valence-electron chi connectivity index (χ3n) is 4.07. The number of alkyl halides is 1. The molecule has 1 aliphatic carbocycles. The summed E-state index contributed by atoms with van der Waals surface area (Å²) in [7, 11) is 0. The summed E-state index contributed by atoms with van der Waals surface area (Å²) < 4.78 is 13.4. The van der Waals surface area contributed by atoms with E-state index in [0.29, 0.717) is 23.5 Å². The molecule has 3 rings (SSSR count). The fourth-order valence-corrected chi connectivity index (χ4v) is 3.36. The highest BCUT2D eigenvalue weighted by atomic mass is 32.1. The lowest BCUT2D eigenvalue weighted by molar-refractivity contribution is -0.111. The van der Waals surface area contributed by atoms with E-state index >= 15 is 0 Å². The number of thiazole rings is 1. The largest absolute Gasteiger partial charge is 0.298 e. The van der Waals surface area contributed by atoms with Crippen LogP contribution >= 0.6 is 11.3 Å². The van der Waals surface area contributed by atoms with Crippen molar-refractivity contribution in [3.05, 3.63) is 53.0 Å². The van der Waals surface area contributed by atoms with Crippen LogP contribution in [0.15, 0.2) is 41.9 Å². The molecule has 1 saturated carbocycles. The lowest BCUT2D eigenvalue weighted by Crippen LogP contribution is -2.14. The maximum absolute atomic E-state index is 13.4. The number of aryl methyl sites for hydroxylation is 1. The number of allylic oxidation sites excluding steroid dienone is 1. The normalized spacial score (nSPS) is 21.4. The number of benzene rings is 1. The molecule has 3 nitrogen and oxygen atoms in total. The molecule has 1 aliphatic rings. The zero-order chi connectivity index (χ0) is 16.2. The minimum atomic E-state index is -0.752. The number of carbonyl (C=O) groups excluding carboxylic acids is 1. The third kappa shape index (κ3) is 4.05. The van der Waals surface area contributed by atoms with E-state index in [-0.39, 0.29) is 11.8 Å². The van der Waals surface area contributed by atoms with Crippen molar-refractivity contribution in [2.24, 2.45) is 5.92 Å². The molecule has 0 aliphatic heterocycles. The Morgan fingerprint density at radius 2 is 2.13 bits per heavy atom. The first-order valence-corrected chi connectivity index (χ1v) is 8.63. The molecule has 0 unspecified atom stereocenters. The number of amides is 1. The first-order valence-electron chi connectivity index (χ1n) is 7.75. The fraction of sp³-hybridized carbons (Fsp3) is 0.333. The molecule has 0 bridgehead atoms. The lowest BCUT2D eigenvalue weighted by Gasteiger charge is -2.11. The van der Waals surface area contributed by atoms with Crippen molar-refractivity contribution in [2.45, 2.75) is 32.4 Å². The van der Waals surface area contributed by atoms with Crippen LogP contribution in [0.2, 0.25) is 0 Å². The fourth-order valence-electron chi connectivity index (χ4n) is 2.83. The average molecular weight is 330 g/mol. The number of nitrogens with one attached hydrogen (secondary N) is 1. The van der Waals surface area contributed by atoms with Crippen LogP contribution in [0.5, 0.6) is 0 Å². The summed E-state index contributed by atoms with van der Waals surface area (Å²) in [6.07, 6.45) is 4.70. The van der Waals surface area contributed by atoms with Crippen LogP contribution in [0, 0.1) is 12.8 Å². The number of carbonyl (C=O) groups is 1. The summed E-state index contributed by atoms with van der Waals surface area (Å²) in [5, 5.41) is 5.21. The summed E-state index contributed by atoms with van der Waals surface area (Å²) >= 11 is 1.38. The van der Waals surface area contributed by atoms with Gasteiger partial charge in [-0.05, 0) is 37.7 Å². The summed E-state index contributed by atoms with van der Waals surface area (Å²) in [5.74, 6) is -0.0746. The monoisotopic (exact) mass is 330 g/mol. The molecule has 0 saturated heterocycles. The van der Waals surface area contributed by atoms with Gasteiger partial charge in [-0.25, -0.2) is 9.37 Å². The topological polar surface area (TPSA) is 42.0 Å². The van der Waals surface area contributed by atoms with Crippen molar-refractivity contribution < 1.29 is 9.18 Å². The molecule has 1 heterocycles. The Balaban J connectivity index is 1.87. The number of hydrogen-bond acceptors (Lipinski definition) is 3. The van der Waals surface area contributed by atoms with Crippen molar-refractivity contribution >= 4 is 27.9 Å². The Morgan fingerprint density at radius 3 is 2.74 bits per heavy atom. The standard InChI is InChI=1S/C18H19FN2OS/c1-12-2-5-14(6-3-12)16(11-13-4-7-15(19)10-13)17(22)21-18-20-8-9-23-18/h2-3,5-6,8-9,11,13,15H,4,7,10H2,1H3,(H,20,21,22)/b16-11+/t13-,15+/m1/s1. The van der Waals surface area contributed by atoms with Crippen LogP contribution in [0.4, 0.5) is 9.52 Å². The molecule has 23 heavy (non-hydrogen) atoms.